The number of carbonyl (C=O) groups excluding carboxylic acids is 6. The minimum atomic E-state index is -1.16. The van der Waals surface area contributed by atoms with Gasteiger partial charge in [-0.1, -0.05) is 74.5 Å². The van der Waals surface area contributed by atoms with Gasteiger partial charge in [-0.25, -0.2) is 9.59 Å². The number of rotatable bonds is 19. The van der Waals surface area contributed by atoms with Gasteiger partial charge in [-0.15, -0.1) is 0 Å². The van der Waals surface area contributed by atoms with Gasteiger partial charge in [-0.2, -0.15) is 0 Å². The number of unbranched alkanes of at least 4 members (excludes halogenated alkanes) is 1. The Bertz CT molecular complexity index is 1520. The van der Waals surface area contributed by atoms with E-state index in [9.17, 15) is 28.8 Å². The number of benzene rings is 2. The summed E-state index contributed by atoms with van der Waals surface area (Å²) in [5.74, 6) is -2.97. The molecule has 0 heterocycles. The zero-order valence-electron chi connectivity index (χ0n) is 32.9. The minimum absolute atomic E-state index is 0.0550. The van der Waals surface area contributed by atoms with E-state index in [4.69, 9.17) is 14.6 Å². The van der Waals surface area contributed by atoms with E-state index in [0.29, 0.717) is 12.8 Å². The number of hydrogen-bond acceptors (Lipinski definition) is 8. The Morgan fingerprint density at radius 2 is 1.02 bits per heavy atom. The number of carbonyl (C=O) groups is 6. The van der Waals surface area contributed by atoms with E-state index in [1.54, 1.807) is 65.8 Å². The van der Waals surface area contributed by atoms with Crippen molar-refractivity contribution in [2.75, 3.05) is 6.54 Å². The number of nitrogens with one attached hydrogen (secondary N) is 5. The third-order valence-electron chi connectivity index (χ3n) is 7.77. The van der Waals surface area contributed by atoms with Crippen molar-refractivity contribution in [3.05, 3.63) is 71.8 Å². The summed E-state index contributed by atoms with van der Waals surface area (Å²) in [5, 5.41) is 21.2. The molecule has 2 rings (SSSR count). The summed E-state index contributed by atoms with van der Waals surface area (Å²) in [7, 11) is 0. The van der Waals surface area contributed by atoms with Crippen LogP contribution in [0.2, 0.25) is 0 Å². The summed E-state index contributed by atoms with van der Waals surface area (Å²) in [5.41, 5.74) is 0.0470. The van der Waals surface area contributed by atoms with Gasteiger partial charge in [-0.3, -0.25) is 14.4 Å². The Balaban J connectivity index is 2.23. The van der Waals surface area contributed by atoms with E-state index in [0.717, 1.165) is 11.1 Å². The van der Waals surface area contributed by atoms with Crippen LogP contribution >= 0.6 is 0 Å². The van der Waals surface area contributed by atoms with Crippen LogP contribution in [0.1, 0.15) is 92.2 Å². The van der Waals surface area contributed by atoms with Gasteiger partial charge < -0.3 is 41.2 Å². The van der Waals surface area contributed by atoms with E-state index >= 15 is 0 Å². The highest BCUT2D eigenvalue weighted by molar-refractivity contribution is 5.95. The molecule has 0 aliphatic rings. The van der Waals surface area contributed by atoms with E-state index in [2.05, 4.69) is 26.6 Å². The molecule has 0 aromatic heterocycles. The Hall–Kier alpha value is -5.14. The molecule has 14 heteroatoms. The molecule has 2 aromatic rings. The van der Waals surface area contributed by atoms with Crippen molar-refractivity contribution in [3.8, 4) is 0 Å². The highest BCUT2D eigenvalue weighted by atomic mass is 16.6. The minimum Gasteiger partial charge on any atom is -0.563 e. The monoisotopic (exact) mass is 754 g/mol. The molecule has 0 radical (unpaired) electrons. The van der Waals surface area contributed by atoms with Crippen LogP contribution in [0, 0.1) is 5.92 Å². The molecule has 0 unspecified atom stereocenters. The zero-order valence-corrected chi connectivity index (χ0v) is 32.9. The summed E-state index contributed by atoms with van der Waals surface area (Å²) in [4.78, 5) is 78.5. The third kappa shape index (κ3) is 18.6. The maximum absolute atomic E-state index is 14.0. The van der Waals surface area contributed by atoms with Crippen molar-refractivity contribution in [3.63, 3.8) is 0 Å². The summed E-state index contributed by atoms with van der Waals surface area (Å²) >= 11 is 0. The first-order valence-electron chi connectivity index (χ1n) is 18.4. The van der Waals surface area contributed by atoms with Crippen molar-refractivity contribution in [1.82, 2.24) is 26.6 Å². The van der Waals surface area contributed by atoms with Gasteiger partial charge in [0.2, 0.25) is 17.7 Å². The van der Waals surface area contributed by atoms with Crippen LogP contribution in [0.15, 0.2) is 60.7 Å². The summed E-state index contributed by atoms with van der Waals surface area (Å²) in [6.45, 7) is 14.4. The molecule has 298 valence electrons. The first-order valence-corrected chi connectivity index (χ1v) is 18.4. The summed E-state index contributed by atoms with van der Waals surface area (Å²) in [6, 6.07) is 13.6. The molecule has 0 saturated heterocycles. The lowest BCUT2D eigenvalue weighted by atomic mass is 9.99. The van der Waals surface area contributed by atoms with Crippen LogP contribution in [0.25, 0.3) is 0 Å². The number of alkyl carbamates (subject to hydrolysis) is 2. The second kappa shape index (κ2) is 21.5. The van der Waals surface area contributed by atoms with Crippen molar-refractivity contribution in [2.24, 2.45) is 5.92 Å². The van der Waals surface area contributed by atoms with Crippen LogP contribution in [0.5, 0.6) is 0 Å². The van der Waals surface area contributed by atoms with E-state index in [1.807, 2.05) is 50.2 Å². The Labute approximate surface area is 318 Å². The lowest BCUT2D eigenvalue weighted by Gasteiger charge is -2.27. The number of hydrogen-bond donors (Lipinski definition) is 5. The molecule has 5 amide bonds. The molecule has 14 nitrogen and oxygen atoms in total. The van der Waals surface area contributed by atoms with Gasteiger partial charge in [0.1, 0.15) is 29.3 Å². The fourth-order valence-corrected chi connectivity index (χ4v) is 5.33. The van der Waals surface area contributed by atoms with Gasteiger partial charge in [0.15, 0.2) is 6.04 Å². The quantitative estimate of drug-likeness (QED) is 0.105. The molecule has 54 heavy (non-hydrogen) atoms. The normalized spacial score (nSPS) is 13.7. The average molecular weight is 755 g/mol. The SMILES string of the molecule is CC(C)C[C@@H](NC(=O)[C@@H](Cc1ccccc1)NC(=O)[C@@H](Cc1ccccc1)NC(=O)OC(C)(C)C)C(=O)N[C@H](CCCCNC(=O)OC(C)(C)C)C(=O)[OH2+]. The van der Waals surface area contributed by atoms with Gasteiger partial charge in [-0.05, 0) is 84.3 Å². The molecule has 0 saturated carbocycles. The first-order chi connectivity index (χ1) is 25.2. The predicted molar refractivity (Wildman–Crippen MR) is 205 cm³/mol. The van der Waals surface area contributed by atoms with Crippen LogP contribution < -0.4 is 26.6 Å². The lowest BCUT2D eigenvalue weighted by Crippen LogP contribution is -2.58. The molecule has 4 atom stereocenters. The highest BCUT2D eigenvalue weighted by Gasteiger charge is 2.34. The van der Waals surface area contributed by atoms with Crippen LogP contribution in [-0.4, -0.2) is 82.9 Å². The third-order valence-corrected chi connectivity index (χ3v) is 7.77. The molecular weight excluding hydrogens is 694 g/mol. The molecule has 0 spiro atoms. The Morgan fingerprint density at radius 3 is 1.48 bits per heavy atom. The van der Waals surface area contributed by atoms with Crippen LogP contribution in [0.4, 0.5) is 9.59 Å². The summed E-state index contributed by atoms with van der Waals surface area (Å²) < 4.78 is 10.6. The Kier molecular flexibility index (Phi) is 18.0. The first kappa shape index (κ1) is 45.0. The fraction of sp³-hybridized carbons (Fsp3) is 0.550. The molecule has 7 N–H and O–H groups in total. The van der Waals surface area contributed by atoms with Crippen molar-refractivity contribution < 1.29 is 43.3 Å². The second-order valence-electron chi connectivity index (χ2n) is 15.7. The largest absolute Gasteiger partial charge is 0.563 e. The van der Waals surface area contributed by atoms with Gasteiger partial charge >= 0.3 is 18.2 Å². The zero-order chi connectivity index (χ0) is 40.5. The van der Waals surface area contributed by atoms with Crippen LogP contribution in [-0.2, 0) is 41.5 Å². The van der Waals surface area contributed by atoms with E-state index < -0.39 is 71.2 Å². The lowest BCUT2D eigenvalue weighted by molar-refractivity contribution is -0.142. The predicted octanol–water partition coefficient (Wildman–Crippen LogP) is 3.81. The smallest absolute Gasteiger partial charge is 0.538 e. The molecule has 0 aliphatic carbocycles. The van der Waals surface area contributed by atoms with E-state index in [1.165, 1.54) is 0 Å². The molecule has 0 fully saturated rings. The Morgan fingerprint density at radius 1 is 0.593 bits per heavy atom. The number of amides is 5. The second-order valence-corrected chi connectivity index (χ2v) is 15.7. The van der Waals surface area contributed by atoms with Crippen molar-refractivity contribution in [2.45, 2.75) is 129 Å². The topological polar surface area (TPSA) is 204 Å². The molecular formula is C40H60N5O9+. The maximum Gasteiger partial charge on any atom is 0.538 e. The van der Waals surface area contributed by atoms with Gasteiger partial charge in [0, 0.05) is 24.2 Å². The average Bonchev–Trinajstić information content (AvgIpc) is 3.05. The van der Waals surface area contributed by atoms with Gasteiger partial charge in [0.05, 0.1) is 0 Å². The van der Waals surface area contributed by atoms with Gasteiger partial charge in [0.25, 0.3) is 0 Å². The van der Waals surface area contributed by atoms with Crippen molar-refractivity contribution in [1.29, 1.82) is 0 Å². The molecule has 0 bridgehead atoms. The number of ether oxygens (including phenoxy) is 2. The fourth-order valence-electron chi connectivity index (χ4n) is 5.33. The van der Waals surface area contributed by atoms with E-state index in [-0.39, 0.29) is 38.1 Å². The molecule has 0 aliphatic heterocycles. The molecule has 2 aromatic carbocycles. The van der Waals surface area contributed by atoms with Crippen LogP contribution in [0.3, 0.4) is 0 Å². The highest BCUT2D eigenvalue weighted by Crippen LogP contribution is 2.13. The standard InChI is InChI=1S/C40H59N5O9/c1-26(2)23-30(33(46)42-29(36(49)50)21-15-16-22-41-37(51)53-39(3,4)5)43-34(47)31(24-27-17-11-9-12-18-27)44-35(48)32(25-28-19-13-10-14-20-28)45-38(52)54-40(6,7)8/h9-14,17-20,26,29-32H,15-16,21-25H2,1-8H3,(H,41,51)(H,42,46)(H,43,47)(H,44,48)(H,45,52)(H,49,50)/p+1/t29-,30-,31-,32-/m1/s1. The summed E-state index contributed by atoms with van der Waals surface area (Å²) in [6.07, 6.45) is 0.0662. The van der Waals surface area contributed by atoms with Crippen molar-refractivity contribution >= 4 is 35.9 Å². The maximum atomic E-state index is 14.0.